The van der Waals surface area contributed by atoms with Gasteiger partial charge in [0.2, 0.25) is 0 Å². The van der Waals surface area contributed by atoms with Gasteiger partial charge in [0.15, 0.2) is 23.7 Å². The third kappa shape index (κ3) is 3.19. The topological polar surface area (TPSA) is 55.4 Å². The van der Waals surface area contributed by atoms with Gasteiger partial charge in [-0.2, -0.15) is 8.78 Å². The molecule has 0 unspecified atom stereocenters. The molecular weight excluding hydrogens is 354 g/mol. The fourth-order valence-corrected chi connectivity index (χ4v) is 2.97. The molecule has 0 saturated heterocycles. The maximum Gasteiger partial charge on any atom is 0.387 e. The Morgan fingerprint density at radius 2 is 1.85 bits per heavy atom. The number of nitrogens with zero attached hydrogens (tertiary/aromatic N) is 1. The van der Waals surface area contributed by atoms with Crippen molar-refractivity contribution in [2.24, 2.45) is 7.05 Å². The summed E-state index contributed by atoms with van der Waals surface area (Å²) in [5, 5.41) is 3.89. The lowest BCUT2D eigenvalue weighted by Gasteiger charge is -2.09. The van der Waals surface area contributed by atoms with Crippen molar-refractivity contribution in [1.29, 1.82) is 0 Å². The number of aromatic nitrogens is 1. The van der Waals surface area contributed by atoms with Crippen molar-refractivity contribution < 1.29 is 27.3 Å². The second-order valence-corrected chi connectivity index (χ2v) is 6.00. The fraction of sp³-hybridized carbons (Fsp3) is 0.100. The molecule has 7 heteroatoms. The van der Waals surface area contributed by atoms with Crippen molar-refractivity contribution >= 4 is 33.5 Å². The normalized spacial score (nSPS) is 11.3. The van der Waals surface area contributed by atoms with E-state index in [4.69, 9.17) is 4.42 Å². The Labute approximate surface area is 152 Å². The fourth-order valence-electron chi connectivity index (χ4n) is 2.97. The third-order valence-electron chi connectivity index (χ3n) is 4.19. The van der Waals surface area contributed by atoms with E-state index in [2.05, 4.69) is 10.1 Å². The lowest BCUT2D eigenvalue weighted by Crippen LogP contribution is -2.26. The Morgan fingerprint density at radius 3 is 2.59 bits per heavy atom. The summed E-state index contributed by atoms with van der Waals surface area (Å²) in [4.78, 5) is 12.8. The summed E-state index contributed by atoms with van der Waals surface area (Å²) in [5.41, 5.74) is 1.53. The first-order valence-corrected chi connectivity index (χ1v) is 8.18. The zero-order valence-electron chi connectivity index (χ0n) is 14.3. The molecule has 0 aliphatic rings. The molecule has 1 amide bonds. The van der Waals surface area contributed by atoms with E-state index in [0.717, 1.165) is 0 Å². The predicted molar refractivity (Wildman–Crippen MR) is 95.9 cm³/mol. The zero-order valence-corrected chi connectivity index (χ0v) is 14.3. The molecule has 0 fully saturated rings. The number of benzene rings is 2. The second-order valence-electron chi connectivity index (χ2n) is 6.00. The van der Waals surface area contributed by atoms with Crippen molar-refractivity contribution in [1.82, 2.24) is 0 Å². The van der Waals surface area contributed by atoms with Gasteiger partial charge in [-0.15, -0.1) is 0 Å². The van der Waals surface area contributed by atoms with E-state index in [1.165, 1.54) is 12.1 Å². The molecule has 0 saturated carbocycles. The van der Waals surface area contributed by atoms with E-state index in [9.17, 15) is 13.6 Å². The molecule has 2 aromatic carbocycles. The van der Waals surface area contributed by atoms with Crippen LogP contribution in [0.2, 0.25) is 0 Å². The number of hydrogen-bond donors (Lipinski definition) is 1. The number of alkyl halides is 2. The molecule has 27 heavy (non-hydrogen) atoms. The first-order valence-electron chi connectivity index (χ1n) is 8.18. The van der Waals surface area contributed by atoms with Crippen LogP contribution in [0.1, 0.15) is 10.4 Å². The van der Waals surface area contributed by atoms with Crippen LogP contribution in [0.3, 0.4) is 0 Å². The van der Waals surface area contributed by atoms with Crippen molar-refractivity contribution in [3.8, 4) is 5.75 Å². The Bertz CT molecular complexity index is 1140. The predicted octanol–water partition coefficient (Wildman–Crippen LogP) is 4.26. The van der Waals surface area contributed by atoms with Crippen LogP contribution in [0.5, 0.6) is 5.75 Å². The molecule has 2 aromatic heterocycles. The molecule has 4 rings (SSSR count). The molecule has 4 aromatic rings. The molecular formula is C20H15F2N2O3+. The minimum Gasteiger partial charge on any atom is -0.452 e. The molecule has 0 spiro atoms. The van der Waals surface area contributed by atoms with Crippen LogP contribution in [-0.4, -0.2) is 12.5 Å². The van der Waals surface area contributed by atoms with E-state index in [1.54, 1.807) is 48.8 Å². The van der Waals surface area contributed by atoms with E-state index in [-0.39, 0.29) is 17.2 Å². The number of fused-ring (bicyclic) bond motifs is 3. The van der Waals surface area contributed by atoms with Crippen LogP contribution in [0.25, 0.3) is 21.9 Å². The minimum absolute atomic E-state index is 0.112. The smallest absolute Gasteiger partial charge is 0.387 e. The molecule has 136 valence electrons. The number of nitrogens with one attached hydrogen (secondary N) is 1. The minimum atomic E-state index is -2.99. The number of anilines is 1. The lowest BCUT2D eigenvalue weighted by molar-refractivity contribution is -0.671. The molecule has 0 aliphatic heterocycles. The largest absolute Gasteiger partial charge is 0.452 e. The number of furan rings is 1. The maximum absolute atomic E-state index is 12.8. The van der Waals surface area contributed by atoms with Crippen LogP contribution >= 0.6 is 0 Å². The summed E-state index contributed by atoms with van der Waals surface area (Å²) in [6.45, 7) is -2.99. The van der Waals surface area contributed by atoms with Gasteiger partial charge < -0.3 is 14.5 Å². The van der Waals surface area contributed by atoms with Gasteiger partial charge in [0, 0.05) is 22.9 Å². The number of carbonyl (C=O) groups excluding carboxylic acids is 1. The molecule has 0 atom stereocenters. The quantitative estimate of drug-likeness (QED) is 0.547. The number of hydrogen-bond acceptors (Lipinski definition) is 3. The number of aryl methyl sites for hydroxylation is 1. The number of ether oxygens (including phenoxy) is 1. The average molecular weight is 369 g/mol. The summed E-state index contributed by atoms with van der Waals surface area (Å²) < 4.78 is 37.6. The second kappa shape index (κ2) is 6.68. The zero-order chi connectivity index (χ0) is 19.0. The van der Waals surface area contributed by atoms with E-state index in [1.807, 2.05) is 11.6 Å². The maximum atomic E-state index is 12.8. The van der Waals surface area contributed by atoms with E-state index in [0.29, 0.717) is 27.6 Å². The van der Waals surface area contributed by atoms with Gasteiger partial charge in [0.05, 0.1) is 11.3 Å². The van der Waals surface area contributed by atoms with Gasteiger partial charge in [-0.25, -0.2) is 4.57 Å². The van der Waals surface area contributed by atoms with Gasteiger partial charge in [0.1, 0.15) is 12.6 Å². The van der Waals surface area contributed by atoms with Crippen LogP contribution in [0.15, 0.2) is 65.3 Å². The summed E-state index contributed by atoms with van der Waals surface area (Å²) >= 11 is 0. The molecule has 5 nitrogen and oxygen atoms in total. The number of pyridine rings is 1. The Morgan fingerprint density at radius 1 is 1.11 bits per heavy atom. The van der Waals surface area contributed by atoms with Crippen LogP contribution in [0.4, 0.5) is 14.5 Å². The Kier molecular flexibility index (Phi) is 4.19. The van der Waals surface area contributed by atoms with E-state index >= 15 is 0 Å². The van der Waals surface area contributed by atoms with Crippen molar-refractivity contribution in [2.75, 3.05) is 5.32 Å². The number of halogens is 2. The van der Waals surface area contributed by atoms with Gasteiger partial charge in [0.25, 0.3) is 5.91 Å². The van der Waals surface area contributed by atoms with Crippen LogP contribution < -0.4 is 14.6 Å². The summed E-state index contributed by atoms with van der Waals surface area (Å²) in [6, 6.07) is 13.3. The summed E-state index contributed by atoms with van der Waals surface area (Å²) in [6.07, 6.45) is 3.61. The number of rotatable bonds is 4. The van der Waals surface area contributed by atoms with Crippen molar-refractivity contribution in [3.05, 3.63) is 66.5 Å². The highest BCUT2D eigenvalue weighted by Gasteiger charge is 2.21. The highest BCUT2D eigenvalue weighted by atomic mass is 19.3. The standard InChI is InChI=1S/C20H14F2N2O3/c1-24-10-8-12(9-11-24)23-19(25)14-6-7-16(27-20(21)22)18-17(14)13-4-2-3-5-15(13)26-18/h2-11,20H,1H3/p+1. The summed E-state index contributed by atoms with van der Waals surface area (Å²) in [7, 11) is 1.87. The monoisotopic (exact) mass is 369 g/mol. The van der Waals surface area contributed by atoms with Gasteiger partial charge in [-0.1, -0.05) is 18.2 Å². The van der Waals surface area contributed by atoms with Gasteiger partial charge >= 0.3 is 6.61 Å². The van der Waals surface area contributed by atoms with E-state index < -0.39 is 6.61 Å². The number of amides is 1. The highest BCUT2D eigenvalue weighted by Crippen LogP contribution is 2.37. The van der Waals surface area contributed by atoms with Crippen LogP contribution in [0, 0.1) is 0 Å². The lowest BCUT2D eigenvalue weighted by atomic mass is 10.0. The molecule has 0 aliphatic carbocycles. The van der Waals surface area contributed by atoms with Crippen molar-refractivity contribution in [2.45, 2.75) is 6.61 Å². The number of para-hydroxylation sites is 1. The molecule has 0 bridgehead atoms. The van der Waals surface area contributed by atoms with Crippen LogP contribution in [-0.2, 0) is 7.05 Å². The highest BCUT2D eigenvalue weighted by molar-refractivity contribution is 6.20. The molecule has 0 radical (unpaired) electrons. The SMILES string of the molecule is C[n+]1ccc(NC(=O)c2ccc(OC(F)F)c3oc4ccccc4c23)cc1. The Hall–Kier alpha value is -3.48. The first-order chi connectivity index (χ1) is 13.0. The van der Waals surface area contributed by atoms with Crippen molar-refractivity contribution in [3.63, 3.8) is 0 Å². The Balaban J connectivity index is 1.84. The van der Waals surface area contributed by atoms with Gasteiger partial charge in [-0.05, 0) is 18.2 Å². The van der Waals surface area contributed by atoms with Gasteiger partial charge in [-0.3, -0.25) is 4.79 Å². The number of carbonyl (C=O) groups is 1. The average Bonchev–Trinajstić information content (AvgIpc) is 3.03. The molecule has 2 heterocycles. The third-order valence-corrected chi connectivity index (χ3v) is 4.19. The molecule has 1 N–H and O–H groups in total. The summed E-state index contributed by atoms with van der Waals surface area (Å²) in [5.74, 6) is -0.483. The first kappa shape index (κ1) is 17.0.